The van der Waals surface area contributed by atoms with Crippen molar-refractivity contribution in [3.63, 3.8) is 0 Å². The fraction of sp³-hybridized carbons (Fsp3) is 0.636. The molecule has 0 aromatic carbocycles. The van der Waals surface area contributed by atoms with E-state index in [1.54, 1.807) is 14.2 Å². The lowest BCUT2D eigenvalue weighted by molar-refractivity contribution is 0.205. The van der Waals surface area contributed by atoms with Gasteiger partial charge in [0.1, 0.15) is 12.1 Å². The van der Waals surface area contributed by atoms with Gasteiger partial charge in [-0.2, -0.15) is 0 Å². The largest absolute Gasteiger partial charge is 0.481 e. The van der Waals surface area contributed by atoms with Crippen molar-refractivity contribution in [1.29, 1.82) is 0 Å². The third kappa shape index (κ3) is 3.71. The Bertz CT molecular complexity index is 349. The summed E-state index contributed by atoms with van der Waals surface area (Å²) < 4.78 is 10.3. The van der Waals surface area contributed by atoms with Crippen molar-refractivity contribution in [2.75, 3.05) is 44.7 Å². The van der Waals surface area contributed by atoms with Gasteiger partial charge in [-0.05, 0) is 6.92 Å². The van der Waals surface area contributed by atoms with Gasteiger partial charge in [-0.3, -0.25) is 0 Å². The molecule has 1 aromatic rings. The van der Waals surface area contributed by atoms with Crippen LogP contribution in [-0.2, 0) is 4.74 Å². The SMILES string of the molecule is COCCN(CCCl)c1ncnc(OC)c1C. The Morgan fingerprint density at radius 1 is 1.29 bits per heavy atom. The maximum absolute atomic E-state index is 5.79. The van der Waals surface area contributed by atoms with Gasteiger partial charge in [0.15, 0.2) is 0 Å². The maximum atomic E-state index is 5.79. The minimum atomic E-state index is 0.537. The number of hydrogen-bond acceptors (Lipinski definition) is 5. The Morgan fingerprint density at radius 2 is 2.06 bits per heavy atom. The summed E-state index contributed by atoms with van der Waals surface area (Å²) in [7, 11) is 3.27. The third-order valence-corrected chi connectivity index (χ3v) is 2.59. The van der Waals surface area contributed by atoms with Crippen LogP contribution in [0.15, 0.2) is 6.33 Å². The maximum Gasteiger partial charge on any atom is 0.221 e. The summed E-state index contributed by atoms with van der Waals surface area (Å²) >= 11 is 5.79. The Kier molecular flexibility index (Phi) is 6.00. The minimum Gasteiger partial charge on any atom is -0.481 e. The van der Waals surface area contributed by atoms with Crippen LogP contribution < -0.4 is 9.64 Å². The van der Waals surface area contributed by atoms with E-state index in [1.165, 1.54) is 6.33 Å². The van der Waals surface area contributed by atoms with Crippen molar-refractivity contribution < 1.29 is 9.47 Å². The molecule has 1 heterocycles. The van der Waals surface area contributed by atoms with Crippen molar-refractivity contribution >= 4 is 17.4 Å². The number of methoxy groups -OCH3 is 2. The van der Waals surface area contributed by atoms with Crippen LogP contribution in [0.1, 0.15) is 5.56 Å². The molecule has 0 aliphatic rings. The second kappa shape index (κ2) is 7.29. The van der Waals surface area contributed by atoms with Gasteiger partial charge in [0.2, 0.25) is 5.88 Å². The average molecular weight is 260 g/mol. The Labute approximate surface area is 107 Å². The molecule has 96 valence electrons. The lowest BCUT2D eigenvalue weighted by atomic mass is 10.3. The Hall–Kier alpha value is -1.07. The van der Waals surface area contributed by atoms with Gasteiger partial charge >= 0.3 is 0 Å². The molecular weight excluding hydrogens is 242 g/mol. The summed E-state index contributed by atoms with van der Waals surface area (Å²) in [6.45, 7) is 4.01. The van der Waals surface area contributed by atoms with Crippen molar-refractivity contribution in [2.45, 2.75) is 6.92 Å². The molecule has 0 saturated carbocycles. The molecule has 5 nitrogen and oxygen atoms in total. The number of halogens is 1. The molecule has 17 heavy (non-hydrogen) atoms. The number of aromatic nitrogens is 2. The molecule has 0 bridgehead atoms. The van der Waals surface area contributed by atoms with Gasteiger partial charge in [-0.1, -0.05) is 0 Å². The average Bonchev–Trinajstić information content (AvgIpc) is 2.35. The smallest absolute Gasteiger partial charge is 0.221 e. The van der Waals surface area contributed by atoms with Crippen LogP contribution in [0.25, 0.3) is 0 Å². The lowest BCUT2D eigenvalue weighted by Crippen LogP contribution is -2.30. The molecule has 0 fully saturated rings. The van der Waals surface area contributed by atoms with Crippen molar-refractivity contribution in [1.82, 2.24) is 9.97 Å². The standard InChI is InChI=1S/C11H18ClN3O2/c1-9-10(13-8-14-11(9)17-3)15(5-4-12)6-7-16-2/h8H,4-7H2,1-3H3. The van der Waals surface area contributed by atoms with Crippen LogP contribution in [0.5, 0.6) is 5.88 Å². The predicted molar refractivity (Wildman–Crippen MR) is 68.1 cm³/mol. The summed E-state index contributed by atoms with van der Waals surface area (Å²) in [5, 5.41) is 0. The summed E-state index contributed by atoms with van der Waals surface area (Å²) in [6.07, 6.45) is 1.50. The highest BCUT2D eigenvalue weighted by atomic mass is 35.5. The quantitative estimate of drug-likeness (QED) is 0.695. The first-order chi connectivity index (χ1) is 8.24. The van der Waals surface area contributed by atoms with Gasteiger partial charge < -0.3 is 14.4 Å². The van der Waals surface area contributed by atoms with Gasteiger partial charge in [0.05, 0.1) is 19.3 Å². The predicted octanol–water partition coefficient (Wildman–Crippen LogP) is 1.49. The zero-order chi connectivity index (χ0) is 12.7. The molecule has 0 unspecified atom stereocenters. The van der Waals surface area contributed by atoms with Gasteiger partial charge in [-0.25, -0.2) is 9.97 Å². The second-order valence-corrected chi connectivity index (χ2v) is 3.88. The van der Waals surface area contributed by atoms with Gasteiger partial charge in [0.25, 0.3) is 0 Å². The lowest BCUT2D eigenvalue weighted by Gasteiger charge is -2.24. The Balaban J connectivity index is 2.92. The summed E-state index contributed by atoms with van der Waals surface area (Å²) in [6, 6.07) is 0. The Morgan fingerprint density at radius 3 is 2.65 bits per heavy atom. The van der Waals surface area contributed by atoms with E-state index >= 15 is 0 Å². The van der Waals surface area contributed by atoms with Crippen molar-refractivity contribution in [3.8, 4) is 5.88 Å². The van der Waals surface area contributed by atoms with Crippen LogP contribution in [0.4, 0.5) is 5.82 Å². The number of nitrogens with zero attached hydrogens (tertiary/aromatic N) is 3. The molecule has 0 amide bonds. The number of rotatable bonds is 7. The highest BCUT2D eigenvalue weighted by molar-refractivity contribution is 6.18. The zero-order valence-electron chi connectivity index (χ0n) is 10.4. The molecular formula is C11H18ClN3O2. The highest BCUT2D eigenvalue weighted by Gasteiger charge is 2.13. The first-order valence-electron chi connectivity index (χ1n) is 5.40. The summed E-state index contributed by atoms with van der Waals surface area (Å²) in [4.78, 5) is 10.4. The van der Waals surface area contributed by atoms with E-state index in [-0.39, 0.29) is 0 Å². The van der Waals surface area contributed by atoms with Crippen LogP contribution in [-0.4, -0.2) is 49.8 Å². The first kappa shape index (κ1) is 14.0. The van der Waals surface area contributed by atoms with Crippen LogP contribution in [0, 0.1) is 6.92 Å². The van der Waals surface area contributed by atoms with Crippen molar-refractivity contribution in [3.05, 3.63) is 11.9 Å². The molecule has 0 saturated heterocycles. The van der Waals surface area contributed by atoms with E-state index < -0.39 is 0 Å². The molecule has 1 aromatic heterocycles. The highest BCUT2D eigenvalue weighted by Crippen LogP contribution is 2.23. The van der Waals surface area contributed by atoms with Crippen LogP contribution in [0.2, 0.25) is 0 Å². The molecule has 0 spiro atoms. The fourth-order valence-electron chi connectivity index (χ4n) is 1.58. The van der Waals surface area contributed by atoms with E-state index in [0.717, 1.165) is 17.9 Å². The molecule has 6 heteroatoms. The van der Waals surface area contributed by atoms with E-state index in [4.69, 9.17) is 21.1 Å². The van der Waals surface area contributed by atoms with Crippen LogP contribution >= 0.6 is 11.6 Å². The monoisotopic (exact) mass is 259 g/mol. The van der Waals surface area contributed by atoms with Gasteiger partial charge in [0, 0.05) is 26.1 Å². The van der Waals surface area contributed by atoms with Crippen LogP contribution in [0.3, 0.4) is 0 Å². The normalized spacial score (nSPS) is 10.4. The molecule has 0 aliphatic carbocycles. The van der Waals surface area contributed by atoms with Crippen molar-refractivity contribution in [2.24, 2.45) is 0 Å². The number of hydrogen-bond donors (Lipinski definition) is 0. The summed E-state index contributed by atoms with van der Waals surface area (Å²) in [5.74, 6) is 1.97. The zero-order valence-corrected chi connectivity index (χ0v) is 11.2. The fourth-order valence-corrected chi connectivity index (χ4v) is 1.78. The molecule has 0 N–H and O–H groups in total. The van der Waals surface area contributed by atoms with Gasteiger partial charge in [-0.15, -0.1) is 11.6 Å². The van der Waals surface area contributed by atoms with E-state index in [2.05, 4.69) is 14.9 Å². The number of alkyl halides is 1. The number of ether oxygens (including phenoxy) is 2. The second-order valence-electron chi connectivity index (χ2n) is 3.50. The first-order valence-corrected chi connectivity index (χ1v) is 5.93. The molecule has 1 rings (SSSR count). The molecule has 0 radical (unpaired) electrons. The third-order valence-electron chi connectivity index (χ3n) is 2.42. The van der Waals surface area contributed by atoms with E-state index in [9.17, 15) is 0 Å². The number of anilines is 1. The van der Waals surface area contributed by atoms with E-state index in [0.29, 0.717) is 24.9 Å². The molecule has 0 atom stereocenters. The minimum absolute atomic E-state index is 0.537. The van der Waals surface area contributed by atoms with E-state index in [1.807, 2.05) is 6.92 Å². The topological polar surface area (TPSA) is 47.5 Å². The molecule has 0 aliphatic heterocycles. The summed E-state index contributed by atoms with van der Waals surface area (Å²) in [5.41, 5.74) is 0.913.